The number of aryl methyl sites for hydroxylation is 2. The van der Waals surface area contributed by atoms with Gasteiger partial charge in [-0.25, -0.2) is 28.4 Å². The van der Waals surface area contributed by atoms with Crippen LogP contribution in [0.1, 0.15) is 52.4 Å². The second-order valence-corrected chi connectivity index (χ2v) is 8.88. The fourth-order valence-electron chi connectivity index (χ4n) is 3.75. The molecule has 5 heterocycles. The summed E-state index contributed by atoms with van der Waals surface area (Å²) in [5, 5.41) is 17.0. The number of aromatic nitrogens is 8. The Morgan fingerprint density at radius 1 is 0.974 bits per heavy atom. The van der Waals surface area contributed by atoms with Crippen LogP contribution in [0, 0.1) is 13.8 Å². The van der Waals surface area contributed by atoms with Crippen molar-refractivity contribution in [3.63, 3.8) is 0 Å². The van der Waals surface area contributed by atoms with Crippen molar-refractivity contribution in [3.8, 4) is 17.2 Å². The Labute approximate surface area is 221 Å². The molecule has 0 fully saturated rings. The van der Waals surface area contributed by atoms with Gasteiger partial charge in [-0.15, -0.1) is 0 Å². The molecule has 0 radical (unpaired) electrons. The smallest absolute Gasteiger partial charge is 0.270 e. The number of carbonyl (C=O) groups is 1. The van der Waals surface area contributed by atoms with Gasteiger partial charge in [0.15, 0.2) is 17.5 Å². The van der Waals surface area contributed by atoms with Crippen LogP contribution in [0.25, 0.3) is 17.2 Å². The van der Waals surface area contributed by atoms with E-state index in [2.05, 4.69) is 45.9 Å². The van der Waals surface area contributed by atoms with Crippen molar-refractivity contribution in [1.29, 1.82) is 0 Å². The minimum absolute atomic E-state index is 0.185. The molecule has 5 aromatic heterocycles. The number of amides is 1. The lowest BCUT2D eigenvalue weighted by Gasteiger charge is -2.14. The van der Waals surface area contributed by atoms with E-state index in [4.69, 9.17) is 0 Å². The van der Waals surface area contributed by atoms with Crippen LogP contribution in [0.2, 0.25) is 0 Å². The third-order valence-corrected chi connectivity index (χ3v) is 5.78. The predicted octanol–water partition coefficient (Wildman–Crippen LogP) is 4.63. The molecular weight excluding hydrogens is 506 g/mol. The van der Waals surface area contributed by atoms with E-state index in [1.165, 1.54) is 10.9 Å². The van der Waals surface area contributed by atoms with Crippen molar-refractivity contribution >= 4 is 17.5 Å². The van der Waals surface area contributed by atoms with Crippen molar-refractivity contribution in [3.05, 3.63) is 89.4 Å². The highest BCUT2D eigenvalue weighted by Crippen LogP contribution is 2.21. The highest BCUT2D eigenvalue weighted by atomic mass is 19.3. The Balaban J connectivity index is 1.24. The number of aromatic amines is 1. The van der Waals surface area contributed by atoms with E-state index < -0.39 is 6.43 Å². The van der Waals surface area contributed by atoms with E-state index >= 15 is 0 Å². The lowest BCUT2D eigenvalue weighted by molar-refractivity contribution is 0.0934. The molecule has 5 aromatic rings. The molecule has 0 unspecified atom stereocenters. The standard InChI is InChI=1S/C26H24F2N10O/c1-14-8-21(34-22-9-15(2)36-37-22)35-25(32-14)18-4-6-20(29-11-18)26(39)33-16(3)17-5-7-23(30-10-17)38-13-19(12-31-38)24(27)28/h4-13,16,24H,1-3H3,(H,33,39)(H2,32,34,35,36,37)/t16-/m0/s1. The van der Waals surface area contributed by atoms with Gasteiger partial charge in [0, 0.05) is 47.7 Å². The summed E-state index contributed by atoms with van der Waals surface area (Å²) >= 11 is 0. The number of pyridine rings is 2. The summed E-state index contributed by atoms with van der Waals surface area (Å²) in [4.78, 5) is 30.4. The Morgan fingerprint density at radius 3 is 2.46 bits per heavy atom. The number of hydrogen-bond donors (Lipinski definition) is 3. The second-order valence-electron chi connectivity index (χ2n) is 8.88. The summed E-state index contributed by atoms with van der Waals surface area (Å²) in [5.74, 6) is 1.71. The highest BCUT2D eigenvalue weighted by Gasteiger charge is 2.15. The first-order valence-electron chi connectivity index (χ1n) is 12.0. The molecule has 0 spiro atoms. The van der Waals surface area contributed by atoms with Crippen LogP contribution in [0.15, 0.2) is 61.2 Å². The van der Waals surface area contributed by atoms with Crippen molar-refractivity contribution in [1.82, 2.24) is 45.2 Å². The van der Waals surface area contributed by atoms with Gasteiger partial charge in [0.05, 0.1) is 17.8 Å². The molecule has 5 rings (SSSR count). The topological polar surface area (TPSA) is 139 Å². The SMILES string of the molecule is Cc1cc(Nc2cc(C)[nH]n2)nc(-c2ccc(C(=O)N[C@@H](C)c3ccc(-n4cc(C(F)F)cn4)nc3)nc2)n1. The molecule has 198 valence electrons. The fraction of sp³-hybridized carbons (Fsp3) is 0.192. The van der Waals surface area contributed by atoms with Gasteiger partial charge in [-0.05, 0) is 44.5 Å². The molecule has 13 heteroatoms. The summed E-state index contributed by atoms with van der Waals surface area (Å²) in [6, 6.07) is 10.0. The Bertz CT molecular complexity index is 1600. The minimum Gasteiger partial charge on any atom is -0.344 e. The van der Waals surface area contributed by atoms with Gasteiger partial charge in [-0.2, -0.15) is 10.2 Å². The number of H-pyrrole nitrogens is 1. The van der Waals surface area contributed by atoms with Crippen molar-refractivity contribution < 1.29 is 13.6 Å². The van der Waals surface area contributed by atoms with Gasteiger partial charge >= 0.3 is 0 Å². The number of carbonyl (C=O) groups excluding carboxylic acids is 1. The van der Waals surface area contributed by atoms with E-state index in [0.29, 0.717) is 28.8 Å². The van der Waals surface area contributed by atoms with Crippen LogP contribution in [0.3, 0.4) is 0 Å². The second kappa shape index (κ2) is 10.7. The van der Waals surface area contributed by atoms with Crippen LogP contribution in [-0.2, 0) is 0 Å². The number of nitrogens with one attached hydrogen (secondary N) is 3. The van der Waals surface area contributed by atoms with Crippen LogP contribution in [0.4, 0.5) is 20.4 Å². The van der Waals surface area contributed by atoms with Gasteiger partial charge in [0.2, 0.25) is 0 Å². The molecule has 1 atom stereocenters. The third-order valence-electron chi connectivity index (χ3n) is 5.78. The third kappa shape index (κ3) is 5.92. The first-order chi connectivity index (χ1) is 18.7. The summed E-state index contributed by atoms with van der Waals surface area (Å²) in [7, 11) is 0. The Hall–Kier alpha value is -5.07. The Kier molecular flexibility index (Phi) is 7.04. The zero-order valence-corrected chi connectivity index (χ0v) is 21.2. The summed E-state index contributed by atoms with van der Waals surface area (Å²) < 4.78 is 26.9. The first kappa shape index (κ1) is 25.6. The maximum atomic E-state index is 12.8. The molecule has 0 aliphatic heterocycles. The Morgan fingerprint density at radius 2 is 1.82 bits per heavy atom. The van der Waals surface area contributed by atoms with E-state index in [9.17, 15) is 13.6 Å². The van der Waals surface area contributed by atoms with Crippen LogP contribution in [0.5, 0.6) is 0 Å². The zero-order chi connectivity index (χ0) is 27.5. The van der Waals surface area contributed by atoms with E-state index in [1.54, 1.807) is 42.7 Å². The van der Waals surface area contributed by atoms with E-state index in [1.807, 2.05) is 26.8 Å². The number of hydrogen-bond acceptors (Lipinski definition) is 8. The number of rotatable bonds is 8. The average Bonchev–Trinajstić information content (AvgIpc) is 3.58. The molecule has 0 aliphatic rings. The van der Waals surface area contributed by atoms with Gasteiger partial charge in [-0.1, -0.05) is 6.07 Å². The molecule has 0 aromatic carbocycles. The van der Waals surface area contributed by atoms with Crippen LogP contribution < -0.4 is 10.6 Å². The maximum absolute atomic E-state index is 12.8. The number of halogens is 2. The molecule has 39 heavy (non-hydrogen) atoms. The predicted molar refractivity (Wildman–Crippen MR) is 139 cm³/mol. The molecule has 0 saturated heterocycles. The molecule has 0 bridgehead atoms. The lowest BCUT2D eigenvalue weighted by atomic mass is 10.1. The number of anilines is 2. The van der Waals surface area contributed by atoms with Crippen LogP contribution in [-0.4, -0.2) is 45.8 Å². The van der Waals surface area contributed by atoms with Crippen molar-refractivity contribution in [2.45, 2.75) is 33.2 Å². The normalized spacial score (nSPS) is 11.9. The van der Waals surface area contributed by atoms with E-state index in [0.717, 1.165) is 23.1 Å². The number of alkyl halides is 2. The largest absolute Gasteiger partial charge is 0.344 e. The maximum Gasteiger partial charge on any atom is 0.270 e. The van der Waals surface area contributed by atoms with Crippen LogP contribution >= 0.6 is 0 Å². The van der Waals surface area contributed by atoms with Gasteiger partial charge in [0.1, 0.15) is 11.5 Å². The highest BCUT2D eigenvalue weighted by molar-refractivity contribution is 5.92. The summed E-state index contributed by atoms with van der Waals surface area (Å²) in [6.07, 6.45) is 2.83. The molecule has 0 aliphatic carbocycles. The fourth-order valence-corrected chi connectivity index (χ4v) is 3.75. The summed E-state index contributed by atoms with van der Waals surface area (Å²) in [5.41, 5.74) is 3.10. The first-order valence-corrected chi connectivity index (χ1v) is 12.0. The quantitative estimate of drug-likeness (QED) is 0.264. The summed E-state index contributed by atoms with van der Waals surface area (Å²) in [6.45, 7) is 5.57. The monoisotopic (exact) mass is 530 g/mol. The molecule has 0 saturated carbocycles. The van der Waals surface area contributed by atoms with Gasteiger partial charge < -0.3 is 10.6 Å². The number of nitrogens with zero attached hydrogens (tertiary/aromatic N) is 7. The molecule has 11 nitrogen and oxygen atoms in total. The molecule has 1 amide bonds. The van der Waals surface area contributed by atoms with Gasteiger partial charge in [-0.3, -0.25) is 14.9 Å². The van der Waals surface area contributed by atoms with E-state index in [-0.39, 0.29) is 23.2 Å². The lowest BCUT2D eigenvalue weighted by Crippen LogP contribution is -2.27. The van der Waals surface area contributed by atoms with Gasteiger partial charge in [0.25, 0.3) is 12.3 Å². The molecule has 3 N–H and O–H groups in total. The van der Waals surface area contributed by atoms with Crippen molar-refractivity contribution in [2.75, 3.05) is 5.32 Å². The minimum atomic E-state index is -2.61. The van der Waals surface area contributed by atoms with Crippen molar-refractivity contribution in [2.24, 2.45) is 0 Å². The average molecular weight is 531 g/mol. The molecular formula is C26H24F2N10O. The zero-order valence-electron chi connectivity index (χ0n) is 21.2.